The van der Waals surface area contributed by atoms with Gasteiger partial charge in [0.15, 0.2) is 0 Å². The van der Waals surface area contributed by atoms with Crippen molar-refractivity contribution in [2.24, 2.45) is 0 Å². The van der Waals surface area contributed by atoms with E-state index < -0.39 is 5.82 Å². The molecule has 0 aliphatic carbocycles. The van der Waals surface area contributed by atoms with Crippen LogP contribution >= 0.6 is 22.9 Å². The van der Waals surface area contributed by atoms with E-state index in [-0.39, 0.29) is 24.3 Å². The fraction of sp³-hybridized carbons (Fsp3) is 0.273. The molecular formula is C22H20ClFN2O3S. The number of nitrogens with zero attached hydrogens (tertiary/aromatic N) is 1. The molecule has 2 aromatic carbocycles. The molecule has 5 nitrogen and oxygen atoms in total. The van der Waals surface area contributed by atoms with Crippen molar-refractivity contribution < 1.29 is 18.7 Å². The lowest BCUT2D eigenvalue weighted by molar-refractivity contribution is 0.0854. The zero-order chi connectivity index (χ0) is 20.9. The van der Waals surface area contributed by atoms with Crippen LogP contribution in [0.2, 0.25) is 5.02 Å². The third kappa shape index (κ3) is 4.98. The summed E-state index contributed by atoms with van der Waals surface area (Å²) in [5, 5.41) is 5.49. The number of amides is 1. The Morgan fingerprint density at radius 1 is 1.33 bits per heavy atom. The molecule has 1 unspecified atom stereocenters. The van der Waals surface area contributed by atoms with Gasteiger partial charge in [0.25, 0.3) is 5.91 Å². The van der Waals surface area contributed by atoms with Crippen molar-refractivity contribution in [1.29, 1.82) is 0 Å². The molecule has 3 aromatic rings. The average Bonchev–Trinajstić information content (AvgIpc) is 3.44. The van der Waals surface area contributed by atoms with E-state index in [0.717, 1.165) is 25.0 Å². The van der Waals surface area contributed by atoms with Crippen molar-refractivity contribution in [2.45, 2.75) is 25.6 Å². The molecule has 4 rings (SSSR count). The number of hydrogen-bond donors (Lipinski definition) is 1. The molecule has 1 aliphatic rings. The molecule has 2 heterocycles. The zero-order valence-electron chi connectivity index (χ0n) is 16.1. The van der Waals surface area contributed by atoms with Gasteiger partial charge in [0, 0.05) is 40.7 Å². The highest BCUT2D eigenvalue weighted by atomic mass is 35.5. The van der Waals surface area contributed by atoms with Crippen molar-refractivity contribution in [2.75, 3.05) is 13.2 Å². The molecule has 0 bridgehead atoms. The molecular weight excluding hydrogens is 427 g/mol. The maximum absolute atomic E-state index is 14.6. The van der Waals surface area contributed by atoms with Gasteiger partial charge in [-0.25, -0.2) is 9.37 Å². The number of carbonyl (C=O) groups excluding carboxylic acids is 1. The minimum absolute atomic E-state index is 0.0582. The monoisotopic (exact) mass is 446 g/mol. The summed E-state index contributed by atoms with van der Waals surface area (Å²) in [6, 6.07) is 11.9. The fourth-order valence-corrected chi connectivity index (χ4v) is 4.16. The third-order valence-electron chi connectivity index (χ3n) is 4.77. The van der Waals surface area contributed by atoms with Gasteiger partial charge < -0.3 is 14.8 Å². The first kappa shape index (κ1) is 20.8. The Morgan fingerprint density at radius 2 is 2.20 bits per heavy atom. The number of rotatable bonds is 7. The molecule has 1 aromatic heterocycles. The normalized spacial score (nSPS) is 15.9. The van der Waals surface area contributed by atoms with Gasteiger partial charge in [-0.15, -0.1) is 11.3 Å². The van der Waals surface area contributed by atoms with Crippen LogP contribution in [0, 0.1) is 5.82 Å². The Kier molecular flexibility index (Phi) is 6.62. The highest BCUT2D eigenvalue weighted by Gasteiger charge is 2.19. The van der Waals surface area contributed by atoms with E-state index in [4.69, 9.17) is 21.1 Å². The predicted octanol–water partition coefficient (Wildman–Crippen LogP) is 5.09. The average molecular weight is 447 g/mol. The molecule has 1 fully saturated rings. The Morgan fingerprint density at radius 3 is 2.97 bits per heavy atom. The van der Waals surface area contributed by atoms with Gasteiger partial charge in [0.2, 0.25) is 0 Å². The van der Waals surface area contributed by atoms with Gasteiger partial charge in [-0.05, 0) is 31.0 Å². The van der Waals surface area contributed by atoms with Crippen LogP contribution in [-0.4, -0.2) is 30.1 Å². The van der Waals surface area contributed by atoms with E-state index in [1.54, 1.807) is 23.6 Å². The van der Waals surface area contributed by atoms with Gasteiger partial charge in [0.05, 0.1) is 6.10 Å². The Bertz CT molecular complexity index is 1040. The second-order valence-electron chi connectivity index (χ2n) is 6.90. The smallest absolute Gasteiger partial charge is 0.270 e. The zero-order valence-corrected chi connectivity index (χ0v) is 17.6. The molecule has 30 heavy (non-hydrogen) atoms. The Balaban J connectivity index is 1.39. The van der Waals surface area contributed by atoms with E-state index in [1.807, 2.05) is 18.2 Å². The fourth-order valence-electron chi connectivity index (χ4n) is 3.14. The van der Waals surface area contributed by atoms with Gasteiger partial charge in [-0.3, -0.25) is 4.79 Å². The van der Waals surface area contributed by atoms with Crippen LogP contribution in [0.5, 0.6) is 5.75 Å². The molecule has 1 saturated heterocycles. The largest absolute Gasteiger partial charge is 0.489 e. The molecule has 0 saturated carbocycles. The van der Waals surface area contributed by atoms with Crippen molar-refractivity contribution in [1.82, 2.24) is 10.3 Å². The summed E-state index contributed by atoms with van der Waals surface area (Å²) in [6.45, 7) is 1.43. The van der Waals surface area contributed by atoms with Crippen LogP contribution < -0.4 is 10.1 Å². The minimum Gasteiger partial charge on any atom is -0.489 e. The second-order valence-corrected chi connectivity index (χ2v) is 8.17. The van der Waals surface area contributed by atoms with Gasteiger partial charge in [-0.1, -0.05) is 29.8 Å². The number of benzene rings is 2. The number of nitrogens with one attached hydrogen (secondary N) is 1. The third-order valence-corrected chi connectivity index (χ3v) is 6.02. The van der Waals surface area contributed by atoms with E-state index >= 15 is 0 Å². The quantitative estimate of drug-likeness (QED) is 0.549. The van der Waals surface area contributed by atoms with E-state index in [2.05, 4.69) is 10.3 Å². The van der Waals surface area contributed by atoms with Crippen LogP contribution in [0.4, 0.5) is 4.39 Å². The summed E-state index contributed by atoms with van der Waals surface area (Å²) in [6.07, 6.45) is 2.01. The lowest BCUT2D eigenvalue weighted by atomic mass is 10.2. The Labute approximate surface area is 182 Å². The van der Waals surface area contributed by atoms with Crippen LogP contribution in [0.3, 0.4) is 0 Å². The second kappa shape index (κ2) is 9.55. The molecule has 1 N–H and O–H groups in total. The van der Waals surface area contributed by atoms with Crippen molar-refractivity contribution in [3.8, 4) is 16.3 Å². The highest BCUT2D eigenvalue weighted by Crippen LogP contribution is 2.29. The number of carbonyl (C=O) groups is 1. The lowest BCUT2D eigenvalue weighted by Crippen LogP contribution is -2.31. The molecule has 1 atom stereocenters. The summed E-state index contributed by atoms with van der Waals surface area (Å²) in [7, 11) is 0. The number of halogens is 2. The van der Waals surface area contributed by atoms with Crippen LogP contribution in [-0.2, 0) is 11.3 Å². The van der Waals surface area contributed by atoms with Crippen molar-refractivity contribution in [3.05, 3.63) is 69.9 Å². The maximum Gasteiger partial charge on any atom is 0.270 e. The number of ether oxygens (including phenoxy) is 2. The topological polar surface area (TPSA) is 60.5 Å². The summed E-state index contributed by atoms with van der Waals surface area (Å²) < 4.78 is 25.8. The van der Waals surface area contributed by atoms with Gasteiger partial charge >= 0.3 is 0 Å². The van der Waals surface area contributed by atoms with E-state index in [1.165, 1.54) is 17.4 Å². The minimum atomic E-state index is -0.465. The number of thiazole rings is 1. The van der Waals surface area contributed by atoms with Crippen LogP contribution in [0.25, 0.3) is 10.6 Å². The molecule has 1 aliphatic heterocycles. The summed E-state index contributed by atoms with van der Waals surface area (Å²) in [4.78, 5) is 16.6. The SMILES string of the molecule is O=C(NCC1CCCO1)c1csc(-c2ccc(OCc3ccccc3Cl)cc2F)n1. The van der Waals surface area contributed by atoms with E-state index in [9.17, 15) is 9.18 Å². The maximum atomic E-state index is 14.6. The first-order valence-electron chi connectivity index (χ1n) is 9.61. The van der Waals surface area contributed by atoms with Gasteiger partial charge in [0.1, 0.15) is 28.9 Å². The summed E-state index contributed by atoms with van der Waals surface area (Å²) in [5.41, 5.74) is 1.41. The first-order valence-corrected chi connectivity index (χ1v) is 10.9. The summed E-state index contributed by atoms with van der Waals surface area (Å²) in [5.74, 6) is -0.359. The van der Waals surface area contributed by atoms with Crippen molar-refractivity contribution in [3.63, 3.8) is 0 Å². The number of aromatic nitrogens is 1. The molecule has 8 heteroatoms. The van der Waals surface area contributed by atoms with Crippen LogP contribution in [0.1, 0.15) is 28.9 Å². The van der Waals surface area contributed by atoms with Crippen molar-refractivity contribution >= 4 is 28.8 Å². The molecule has 1 amide bonds. The number of hydrogen-bond acceptors (Lipinski definition) is 5. The molecule has 0 radical (unpaired) electrons. The lowest BCUT2D eigenvalue weighted by Gasteiger charge is -2.09. The highest BCUT2D eigenvalue weighted by molar-refractivity contribution is 7.13. The molecule has 156 valence electrons. The van der Waals surface area contributed by atoms with Crippen LogP contribution in [0.15, 0.2) is 47.8 Å². The Hall–Kier alpha value is -2.48. The van der Waals surface area contributed by atoms with Gasteiger partial charge in [-0.2, -0.15) is 0 Å². The first-order chi connectivity index (χ1) is 14.6. The van der Waals surface area contributed by atoms with E-state index in [0.29, 0.717) is 27.9 Å². The standard InChI is InChI=1S/C22H20ClFN2O3S/c23-18-6-2-1-4-14(18)12-29-15-7-8-17(19(24)10-15)22-26-20(13-30-22)21(27)25-11-16-5-3-9-28-16/h1-2,4,6-8,10,13,16H,3,5,9,11-12H2,(H,25,27). The summed E-state index contributed by atoms with van der Waals surface area (Å²) >= 11 is 7.33. The predicted molar refractivity (Wildman–Crippen MR) is 115 cm³/mol. The molecule has 0 spiro atoms.